The van der Waals surface area contributed by atoms with Gasteiger partial charge in [-0.3, -0.25) is 28.8 Å². The Morgan fingerprint density at radius 1 is 0.934 bits per heavy atom. The number of aliphatic hydroxyl groups excluding tert-OH is 1. The Morgan fingerprint density at radius 2 is 1.61 bits per heavy atom. The minimum Gasteiger partial charge on any atom is -0.482 e. The molecule has 0 saturated carbocycles. The van der Waals surface area contributed by atoms with Crippen LogP contribution in [0.3, 0.4) is 0 Å². The van der Waals surface area contributed by atoms with Crippen LogP contribution in [-0.2, 0) is 25.7 Å². The molecule has 2 aliphatic rings. The largest absolute Gasteiger partial charge is 0.482 e. The zero-order valence-corrected chi connectivity index (χ0v) is 45.7. The quantitative estimate of drug-likeness (QED) is 0.0443. The second-order valence-corrected chi connectivity index (χ2v) is 22.0. The summed E-state index contributed by atoms with van der Waals surface area (Å²) < 4.78 is 20.0. The van der Waals surface area contributed by atoms with E-state index >= 15 is 0 Å². The van der Waals surface area contributed by atoms with E-state index in [-0.39, 0.29) is 108 Å². The van der Waals surface area contributed by atoms with Crippen LogP contribution in [-0.4, -0.2) is 120 Å². The van der Waals surface area contributed by atoms with Gasteiger partial charge in [0.25, 0.3) is 11.8 Å². The number of aliphatic hydroxyl groups is 1. The highest BCUT2D eigenvalue weighted by Crippen LogP contribution is 2.36. The molecule has 6 atom stereocenters. The first kappa shape index (κ1) is 57.0. The lowest BCUT2D eigenvalue weighted by Gasteiger charge is -2.44. The molecule has 2 saturated heterocycles. The van der Waals surface area contributed by atoms with Gasteiger partial charge in [0.05, 0.1) is 27.2 Å². The Hall–Kier alpha value is -6.74. The van der Waals surface area contributed by atoms with Gasteiger partial charge in [-0.1, -0.05) is 68.2 Å². The summed E-state index contributed by atoms with van der Waals surface area (Å²) in [5, 5.41) is 26.8. The molecular weight excluding hydrogens is 1040 g/mol. The highest BCUT2D eigenvalue weighted by molar-refractivity contribution is 7.13. The molecule has 2 aromatic heterocycles. The molecular formula is C54H63Cl2FN10O8S. The standard InChI is InChI=1S/C54H63Cl2FN10O8S/c1-29-25-65(52(73)35-16-18-36(19-17-35)61-50(71)40-23-42(49(58)64-63-40)75-32(4)45-38(55)20-21-39(57)46(45)56)26-30(2)67(29)44(70)11-9-8-10-43(69)62-48(54(5,6)7)53(74)66-27-37(68)22-41(66)51(72)59-24-33-12-14-34(15-13-33)47-31(3)60-28-76-47/h12-21,23,28-30,32,37,41,48,68H,8-11,22,24-27H2,1-7H3,(H2,58,64)(H,59,72)(H,61,71)(H,62,69)/t29-,30+,32-,37-,41+,48-/m1/s1. The number of aromatic nitrogens is 3. The molecule has 0 spiro atoms. The molecule has 0 aliphatic carbocycles. The van der Waals surface area contributed by atoms with Crippen LogP contribution in [0.1, 0.15) is 117 Å². The number of hydrogen-bond donors (Lipinski definition) is 5. The number of β-amino-alcohol motifs (C(OH)–C–C–N with tert-alkyl or cyclic N) is 1. The number of nitrogens with one attached hydrogen (secondary N) is 3. The van der Waals surface area contributed by atoms with Crippen LogP contribution in [0.25, 0.3) is 10.4 Å². The monoisotopic (exact) mass is 1100 g/mol. The Balaban J connectivity index is 0.852. The lowest BCUT2D eigenvalue weighted by atomic mass is 9.85. The van der Waals surface area contributed by atoms with E-state index in [1.54, 1.807) is 57.8 Å². The van der Waals surface area contributed by atoms with E-state index in [0.717, 1.165) is 27.8 Å². The number of carbonyl (C=O) groups is 6. The third kappa shape index (κ3) is 13.6. The Kier molecular flexibility index (Phi) is 18.4. The Morgan fingerprint density at radius 3 is 2.25 bits per heavy atom. The average molecular weight is 1100 g/mol. The van der Waals surface area contributed by atoms with E-state index in [9.17, 15) is 38.3 Å². The van der Waals surface area contributed by atoms with Gasteiger partial charge in [0, 0.05) is 85.4 Å². The van der Waals surface area contributed by atoms with Gasteiger partial charge in [0.1, 0.15) is 24.0 Å². The fourth-order valence-corrected chi connectivity index (χ4v) is 11.0. The molecule has 2 aliphatic heterocycles. The number of likely N-dealkylation sites (tertiary alicyclic amines) is 1. The maximum absolute atomic E-state index is 14.2. The number of thiazole rings is 1. The number of ether oxygens (including phenoxy) is 1. The van der Waals surface area contributed by atoms with Crippen molar-refractivity contribution < 1.29 is 43.0 Å². The number of nitrogen functional groups attached to an aromatic ring is 1. The van der Waals surface area contributed by atoms with Crippen molar-refractivity contribution in [3.8, 4) is 16.2 Å². The fraction of sp³-hybridized carbons (Fsp3) is 0.426. The Labute approximate surface area is 454 Å². The summed E-state index contributed by atoms with van der Waals surface area (Å²) in [6.45, 7) is 13.5. The van der Waals surface area contributed by atoms with E-state index in [2.05, 4.69) is 31.1 Å². The molecule has 404 valence electrons. The Bertz CT molecular complexity index is 2950. The summed E-state index contributed by atoms with van der Waals surface area (Å²) in [5.41, 5.74) is 10.7. The zero-order valence-electron chi connectivity index (χ0n) is 43.4. The van der Waals surface area contributed by atoms with Gasteiger partial charge < -0.3 is 46.2 Å². The molecule has 2 fully saturated rings. The maximum Gasteiger partial charge on any atom is 0.276 e. The smallest absolute Gasteiger partial charge is 0.276 e. The van der Waals surface area contributed by atoms with Crippen LogP contribution >= 0.6 is 34.5 Å². The van der Waals surface area contributed by atoms with Gasteiger partial charge in [-0.15, -0.1) is 21.5 Å². The summed E-state index contributed by atoms with van der Waals surface area (Å²) in [6.07, 6.45) is -0.674. The van der Waals surface area contributed by atoms with Crippen LogP contribution in [0.2, 0.25) is 10.0 Å². The number of carbonyl (C=O) groups excluding carboxylic acids is 6. The molecule has 0 bridgehead atoms. The van der Waals surface area contributed by atoms with Gasteiger partial charge in [0.2, 0.25) is 23.6 Å². The normalized spacial score (nSPS) is 18.4. The van der Waals surface area contributed by atoms with E-state index < -0.39 is 53.2 Å². The van der Waals surface area contributed by atoms with Crippen molar-refractivity contribution in [2.45, 2.75) is 123 Å². The second kappa shape index (κ2) is 24.5. The number of amides is 6. The summed E-state index contributed by atoms with van der Waals surface area (Å²) in [7, 11) is 0. The van der Waals surface area contributed by atoms with Crippen molar-refractivity contribution in [2.24, 2.45) is 5.41 Å². The molecule has 4 heterocycles. The van der Waals surface area contributed by atoms with E-state index in [1.807, 2.05) is 65.8 Å². The lowest BCUT2D eigenvalue weighted by molar-refractivity contribution is -0.144. The van der Waals surface area contributed by atoms with E-state index in [1.165, 1.54) is 17.0 Å². The fourth-order valence-electron chi connectivity index (χ4n) is 9.51. The van der Waals surface area contributed by atoms with E-state index in [0.29, 0.717) is 24.1 Å². The average Bonchev–Trinajstić information content (AvgIpc) is 4.00. The van der Waals surface area contributed by atoms with Gasteiger partial charge in [-0.2, -0.15) is 0 Å². The van der Waals surface area contributed by atoms with Crippen LogP contribution in [0, 0.1) is 18.2 Å². The zero-order chi connectivity index (χ0) is 55.2. The lowest BCUT2D eigenvalue weighted by Crippen LogP contribution is -2.59. The number of hydrogen-bond acceptors (Lipinski definition) is 13. The van der Waals surface area contributed by atoms with Crippen molar-refractivity contribution in [3.05, 3.63) is 116 Å². The SMILES string of the molecule is Cc1ncsc1-c1ccc(CNC(=O)[C@@H]2C[C@@H](O)CN2C(=O)[C@@H](NC(=O)CCCCC(=O)N2[C@H](C)CN(C(=O)c3ccc(NC(=O)c4cc(O[C@H](C)c5c(Cl)ccc(F)c5Cl)c(N)nn4)cc3)C[C@@H]2C)C(C)(C)C)cc1. The molecule has 6 N–H and O–H groups in total. The molecule has 5 aromatic rings. The van der Waals surface area contributed by atoms with Gasteiger partial charge in [-0.25, -0.2) is 9.37 Å². The summed E-state index contributed by atoms with van der Waals surface area (Å²) in [4.78, 5) is 91.8. The van der Waals surface area contributed by atoms with Crippen molar-refractivity contribution in [2.75, 3.05) is 30.7 Å². The topological polar surface area (TPSA) is 242 Å². The van der Waals surface area contributed by atoms with Gasteiger partial charge >= 0.3 is 0 Å². The van der Waals surface area contributed by atoms with Crippen LogP contribution in [0.5, 0.6) is 5.75 Å². The summed E-state index contributed by atoms with van der Waals surface area (Å²) >= 11 is 14.0. The first-order chi connectivity index (χ1) is 36.0. The number of piperazine rings is 1. The highest BCUT2D eigenvalue weighted by atomic mass is 35.5. The third-order valence-electron chi connectivity index (χ3n) is 13.4. The number of aryl methyl sites for hydroxylation is 1. The van der Waals surface area contributed by atoms with Gasteiger partial charge in [-0.05, 0) is 93.5 Å². The minimum absolute atomic E-state index is 0.00559. The highest BCUT2D eigenvalue weighted by Gasteiger charge is 2.44. The van der Waals surface area contributed by atoms with Crippen molar-refractivity contribution in [1.82, 2.24) is 40.5 Å². The third-order valence-corrected chi connectivity index (χ3v) is 15.1. The first-order valence-corrected chi connectivity index (χ1v) is 26.6. The van der Waals surface area contributed by atoms with Crippen molar-refractivity contribution in [3.63, 3.8) is 0 Å². The minimum atomic E-state index is -0.983. The molecule has 18 nitrogen and oxygen atoms in total. The summed E-state index contributed by atoms with van der Waals surface area (Å²) in [5.74, 6) is -3.03. The van der Waals surface area contributed by atoms with Gasteiger partial charge in [0.15, 0.2) is 17.3 Å². The number of nitrogens with two attached hydrogens (primary N) is 1. The molecule has 7 rings (SSSR count). The van der Waals surface area contributed by atoms with Crippen LogP contribution < -0.4 is 26.4 Å². The van der Waals surface area contributed by atoms with Crippen molar-refractivity contribution in [1.29, 1.82) is 0 Å². The van der Waals surface area contributed by atoms with E-state index in [4.69, 9.17) is 33.7 Å². The molecule has 3 aromatic carbocycles. The molecule has 22 heteroatoms. The predicted octanol–water partition coefficient (Wildman–Crippen LogP) is 7.76. The number of anilines is 2. The number of halogens is 3. The van der Waals surface area contributed by atoms with Crippen LogP contribution in [0.15, 0.2) is 72.2 Å². The molecule has 0 unspecified atom stereocenters. The molecule has 6 amide bonds. The maximum atomic E-state index is 14.2. The molecule has 0 radical (unpaired) electrons. The second-order valence-electron chi connectivity index (χ2n) is 20.4. The van der Waals surface area contributed by atoms with Crippen LogP contribution in [0.4, 0.5) is 15.9 Å². The number of nitrogens with zero attached hydrogens (tertiary/aromatic N) is 6. The molecule has 76 heavy (non-hydrogen) atoms. The number of unbranched alkanes of at least 4 members (excludes halogenated alkanes) is 1. The predicted molar refractivity (Wildman–Crippen MR) is 288 cm³/mol. The van der Waals surface area contributed by atoms with Crippen molar-refractivity contribution >= 4 is 81.5 Å². The first-order valence-electron chi connectivity index (χ1n) is 25.0. The number of benzene rings is 3. The summed E-state index contributed by atoms with van der Waals surface area (Å²) in [6, 6.07) is 15.4. The number of rotatable bonds is 17.